The monoisotopic (exact) mass is 607 g/mol. The number of carbonyl (C=O) groups excluding carboxylic acids is 2. The van der Waals surface area contributed by atoms with Gasteiger partial charge in [-0.3, -0.25) is 4.79 Å². The molecule has 0 aliphatic carbocycles. The highest BCUT2D eigenvalue weighted by atomic mass is 32.1. The Hall–Kier alpha value is -3.77. The van der Waals surface area contributed by atoms with E-state index in [1.165, 1.54) is 24.1 Å². The molecule has 228 valence electrons. The lowest BCUT2D eigenvalue weighted by Crippen LogP contribution is -2.45. The number of nitrogens with one attached hydrogen (secondary N) is 1. The van der Waals surface area contributed by atoms with Gasteiger partial charge in [-0.25, -0.2) is 4.79 Å². The molecule has 3 rings (SSSR count). The maximum atomic E-state index is 13.7. The van der Waals surface area contributed by atoms with Crippen molar-refractivity contribution in [2.75, 3.05) is 52.9 Å². The molecule has 12 heteroatoms. The molecule has 1 aromatic heterocycles. The molecule has 8 nitrogen and oxygen atoms in total. The summed E-state index contributed by atoms with van der Waals surface area (Å²) in [6.45, 7) is 2.96. The number of benzene rings is 2. The Labute approximate surface area is 248 Å². The van der Waals surface area contributed by atoms with Gasteiger partial charge in [0.2, 0.25) is 5.91 Å². The molecule has 2 aromatic carbocycles. The van der Waals surface area contributed by atoms with E-state index in [0.717, 1.165) is 28.1 Å². The maximum absolute atomic E-state index is 13.7. The van der Waals surface area contributed by atoms with Gasteiger partial charge in [-0.2, -0.15) is 13.2 Å². The van der Waals surface area contributed by atoms with E-state index in [1.807, 2.05) is 30.5 Å². The van der Waals surface area contributed by atoms with Gasteiger partial charge in [0.25, 0.3) is 0 Å². The van der Waals surface area contributed by atoms with E-state index in [4.69, 9.17) is 14.2 Å². The van der Waals surface area contributed by atoms with E-state index in [9.17, 15) is 22.8 Å². The summed E-state index contributed by atoms with van der Waals surface area (Å²) in [7, 11) is 4.64. The maximum Gasteiger partial charge on any atom is 0.416 e. The van der Waals surface area contributed by atoms with E-state index < -0.39 is 17.8 Å². The first-order valence-corrected chi connectivity index (χ1v) is 14.2. The van der Waals surface area contributed by atoms with E-state index in [-0.39, 0.29) is 24.7 Å². The molecule has 0 radical (unpaired) electrons. The number of halogens is 3. The number of thiophene rings is 1. The lowest BCUT2D eigenvalue weighted by atomic mass is 10.1. The average Bonchev–Trinajstić information content (AvgIpc) is 3.37. The van der Waals surface area contributed by atoms with Crippen LogP contribution in [0.1, 0.15) is 28.0 Å². The second-order valence-corrected chi connectivity index (χ2v) is 10.6. The lowest BCUT2D eigenvalue weighted by molar-refractivity contribution is -0.137. The van der Waals surface area contributed by atoms with Crippen molar-refractivity contribution in [3.63, 3.8) is 0 Å². The summed E-state index contributed by atoms with van der Waals surface area (Å²) in [5.74, 6) is 0.888. The number of aryl methyl sites for hydroxylation is 1. The molecule has 3 amide bonds. The molecule has 0 saturated heterocycles. The minimum Gasteiger partial charge on any atom is -0.493 e. The molecular weight excluding hydrogens is 571 g/mol. The first-order chi connectivity index (χ1) is 20.0. The Morgan fingerprint density at radius 3 is 2.36 bits per heavy atom. The summed E-state index contributed by atoms with van der Waals surface area (Å²) in [5, 5.41) is 4.47. The van der Waals surface area contributed by atoms with Crippen LogP contribution in [0, 0.1) is 6.92 Å². The van der Waals surface area contributed by atoms with E-state index in [2.05, 4.69) is 5.32 Å². The molecule has 42 heavy (non-hydrogen) atoms. The third-order valence-electron chi connectivity index (χ3n) is 6.60. The molecule has 0 aliphatic rings. The van der Waals surface area contributed by atoms with E-state index >= 15 is 0 Å². The van der Waals surface area contributed by atoms with Crippen LogP contribution in [0.25, 0.3) is 0 Å². The van der Waals surface area contributed by atoms with Crippen molar-refractivity contribution < 1.29 is 37.0 Å². The van der Waals surface area contributed by atoms with Crippen LogP contribution in [-0.2, 0) is 28.7 Å². The van der Waals surface area contributed by atoms with Gasteiger partial charge < -0.3 is 29.3 Å². The summed E-state index contributed by atoms with van der Waals surface area (Å²) in [6, 6.07) is 11.3. The third-order valence-corrected chi connectivity index (χ3v) is 7.61. The van der Waals surface area contributed by atoms with Crippen LogP contribution >= 0.6 is 11.3 Å². The predicted octanol–water partition coefficient (Wildman–Crippen LogP) is 6.23. The summed E-state index contributed by atoms with van der Waals surface area (Å²) in [4.78, 5) is 30.9. The number of anilines is 1. The van der Waals surface area contributed by atoms with Gasteiger partial charge in [-0.05, 0) is 72.7 Å². The van der Waals surface area contributed by atoms with Gasteiger partial charge in [-0.1, -0.05) is 12.1 Å². The second-order valence-electron chi connectivity index (χ2n) is 9.56. The fraction of sp³-hybridized carbons (Fsp3) is 0.400. The smallest absolute Gasteiger partial charge is 0.416 e. The van der Waals surface area contributed by atoms with Crippen molar-refractivity contribution in [1.29, 1.82) is 0 Å². The van der Waals surface area contributed by atoms with Crippen molar-refractivity contribution >= 4 is 29.0 Å². The van der Waals surface area contributed by atoms with Crippen molar-refractivity contribution in [1.82, 2.24) is 9.80 Å². The number of methoxy groups -OCH3 is 3. The predicted molar refractivity (Wildman–Crippen MR) is 156 cm³/mol. The minimum atomic E-state index is -4.55. The highest BCUT2D eigenvalue weighted by Crippen LogP contribution is 2.31. The lowest BCUT2D eigenvalue weighted by Gasteiger charge is -2.28. The Balaban J connectivity index is 1.79. The fourth-order valence-electron chi connectivity index (χ4n) is 4.22. The van der Waals surface area contributed by atoms with Crippen LogP contribution < -0.4 is 14.8 Å². The van der Waals surface area contributed by atoms with Crippen LogP contribution in [0.5, 0.6) is 11.5 Å². The molecule has 0 unspecified atom stereocenters. The SMILES string of the molecule is COCCCN(CC(=O)N(CCc1ccc(OC)c(OC)c1)Cc1sccc1C)C(=O)Nc1cccc(C(F)(F)F)c1. The van der Waals surface area contributed by atoms with Crippen LogP contribution in [0.4, 0.5) is 23.7 Å². The summed E-state index contributed by atoms with van der Waals surface area (Å²) in [5.41, 5.74) is 1.10. The Morgan fingerprint density at radius 1 is 0.952 bits per heavy atom. The van der Waals surface area contributed by atoms with Gasteiger partial charge in [0.15, 0.2) is 11.5 Å². The topological polar surface area (TPSA) is 80.3 Å². The van der Waals surface area contributed by atoms with Gasteiger partial charge in [0.1, 0.15) is 6.54 Å². The number of ether oxygens (including phenoxy) is 3. The standard InChI is InChI=1S/C30H36F3N3O5S/c1-21-12-16-42-27(21)19-35(14-11-22-9-10-25(40-3)26(17-22)41-4)28(37)20-36(13-6-15-39-2)29(38)34-24-8-5-7-23(18-24)30(31,32)33/h5,7-10,12,16-18H,6,11,13-15,19-20H2,1-4H3,(H,34,38). The highest BCUT2D eigenvalue weighted by Gasteiger charge is 2.31. The second kappa shape index (κ2) is 15.5. The van der Waals surface area contributed by atoms with Crippen molar-refractivity contribution in [2.45, 2.75) is 32.5 Å². The number of rotatable bonds is 14. The molecule has 0 atom stereocenters. The molecule has 0 spiro atoms. The van der Waals surface area contributed by atoms with E-state index in [0.29, 0.717) is 44.0 Å². The Kier molecular flexibility index (Phi) is 12.0. The largest absolute Gasteiger partial charge is 0.493 e. The van der Waals surface area contributed by atoms with Crippen LogP contribution in [0.3, 0.4) is 0 Å². The first-order valence-electron chi connectivity index (χ1n) is 13.3. The van der Waals surface area contributed by atoms with Crippen LogP contribution in [-0.4, -0.2) is 69.3 Å². The summed E-state index contributed by atoms with van der Waals surface area (Å²) in [6.07, 6.45) is -3.59. The minimum absolute atomic E-state index is 0.0152. The van der Waals surface area contributed by atoms with Gasteiger partial charge >= 0.3 is 12.2 Å². The normalized spacial score (nSPS) is 11.2. The fourth-order valence-corrected chi connectivity index (χ4v) is 5.14. The first kappa shape index (κ1) is 32.7. The average molecular weight is 608 g/mol. The van der Waals surface area contributed by atoms with Crippen molar-refractivity contribution in [3.05, 3.63) is 75.5 Å². The zero-order valence-corrected chi connectivity index (χ0v) is 24.9. The molecule has 3 aromatic rings. The van der Waals surface area contributed by atoms with Crippen molar-refractivity contribution in [2.24, 2.45) is 0 Å². The number of hydrogen-bond donors (Lipinski definition) is 1. The number of urea groups is 1. The van der Waals surface area contributed by atoms with Crippen LogP contribution in [0.2, 0.25) is 0 Å². The molecule has 1 heterocycles. The number of alkyl halides is 3. The molecule has 0 aliphatic heterocycles. The summed E-state index contributed by atoms with van der Waals surface area (Å²) < 4.78 is 55.4. The van der Waals surface area contributed by atoms with Gasteiger partial charge in [0.05, 0.1) is 26.3 Å². The van der Waals surface area contributed by atoms with Gasteiger partial charge in [-0.15, -0.1) is 11.3 Å². The summed E-state index contributed by atoms with van der Waals surface area (Å²) >= 11 is 1.54. The Bertz CT molecular complexity index is 1330. The van der Waals surface area contributed by atoms with Crippen LogP contribution in [0.15, 0.2) is 53.9 Å². The zero-order chi connectivity index (χ0) is 30.7. The third kappa shape index (κ3) is 9.38. The van der Waals surface area contributed by atoms with Crippen molar-refractivity contribution in [3.8, 4) is 11.5 Å². The van der Waals surface area contributed by atoms with E-state index in [1.54, 1.807) is 36.5 Å². The zero-order valence-electron chi connectivity index (χ0n) is 24.1. The molecule has 0 bridgehead atoms. The molecule has 1 N–H and O–H groups in total. The Morgan fingerprint density at radius 2 is 1.71 bits per heavy atom. The number of nitrogens with zero attached hydrogens (tertiary/aromatic N) is 2. The molecule has 0 fully saturated rings. The number of amides is 3. The quantitative estimate of drug-likeness (QED) is 0.220. The number of hydrogen-bond acceptors (Lipinski definition) is 6. The number of carbonyl (C=O) groups is 2. The molecular formula is C30H36F3N3O5S. The molecule has 0 saturated carbocycles. The van der Waals surface area contributed by atoms with Gasteiger partial charge in [0, 0.05) is 37.4 Å². The highest BCUT2D eigenvalue weighted by molar-refractivity contribution is 7.10.